The van der Waals surface area contributed by atoms with Gasteiger partial charge in [-0.3, -0.25) is 14.9 Å². The zero-order valence-electron chi connectivity index (χ0n) is 11.2. The Morgan fingerprint density at radius 3 is 2.90 bits per heavy atom. The number of pyridine rings is 1. The summed E-state index contributed by atoms with van der Waals surface area (Å²) in [6, 6.07) is 9.11. The van der Waals surface area contributed by atoms with Gasteiger partial charge < -0.3 is 9.73 Å². The van der Waals surface area contributed by atoms with E-state index in [1.807, 2.05) is 12.1 Å². The summed E-state index contributed by atoms with van der Waals surface area (Å²) in [5, 5.41) is 9.61. The summed E-state index contributed by atoms with van der Waals surface area (Å²) in [6.07, 6.45) is 5.80. The Balaban J connectivity index is 1.56. The van der Waals surface area contributed by atoms with Crippen molar-refractivity contribution in [3.8, 4) is 11.5 Å². The lowest BCUT2D eigenvalue weighted by molar-refractivity contribution is 0.0949. The van der Waals surface area contributed by atoms with Crippen LogP contribution in [-0.4, -0.2) is 27.6 Å². The first-order chi connectivity index (χ1) is 10.3. The van der Waals surface area contributed by atoms with Gasteiger partial charge >= 0.3 is 0 Å². The summed E-state index contributed by atoms with van der Waals surface area (Å²) in [6.45, 7) is 0.547. The third kappa shape index (κ3) is 3.17. The fourth-order valence-corrected chi connectivity index (χ4v) is 1.96. The van der Waals surface area contributed by atoms with E-state index in [2.05, 4.69) is 20.5 Å². The van der Waals surface area contributed by atoms with Gasteiger partial charge in [-0.1, -0.05) is 0 Å². The predicted molar refractivity (Wildman–Crippen MR) is 76.6 cm³/mol. The molecule has 6 nitrogen and oxygen atoms in total. The smallest absolute Gasteiger partial charge is 0.271 e. The Morgan fingerprint density at radius 1 is 1.29 bits per heavy atom. The molecule has 0 aliphatic carbocycles. The zero-order valence-corrected chi connectivity index (χ0v) is 11.2. The molecule has 0 bridgehead atoms. The van der Waals surface area contributed by atoms with Crippen molar-refractivity contribution in [2.24, 2.45) is 0 Å². The van der Waals surface area contributed by atoms with Gasteiger partial charge in [0.25, 0.3) is 5.91 Å². The number of amides is 1. The summed E-state index contributed by atoms with van der Waals surface area (Å²) < 4.78 is 5.24. The van der Waals surface area contributed by atoms with Gasteiger partial charge in [0.2, 0.25) is 0 Å². The van der Waals surface area contributed by atoms with E-state index in [1.54, 1.807) is 36.9 Å². The molecule has 6 heteroatoms. The minimum atomic E-state index is -0.210. The van der Waals surface area contributed by atoms with E-state index >= 15 is 0 Å². The Kier molecular flexibility index (Phi) is 3.77. The summed E-state index contributed by atoms with van der Waals surface area (Å²) in [7, 11) is 0. The number of rotatable bonds is 5. The highest BCUT2D eigenvalue weighted by molar-refractivity contribution is 5.93. The minimum absolute atomic E-state index is 0.210. The van der Waals surface area contributed by atoms with Crippen LogP contribution in [0.1, 0.15) is 16.1 Å². The summed E-state index contributed by atoms with van der Waals surface area (Å²) >= 11 is 0. The molecule has 0 atom stereocenters. The molecule has 3 aromatic rings. The van der Waals surface area contributed by atoms with Crippen LogP contribution in [0.3, 0.4) is 0 Å². The standard InChI is InChI=1S/C15H14N4O2/c20-15(17-8-5-11-3-6-16-7-4-11)13-10-12(18-19-13)14-2-1-9-21-14/h1-4,6-7,9-10H,5,8H2,(H,17,20)(H,18,19). The lowest BCUT2D eigenvalue weighted by Crippen LogP contribution is -2.26. The number of nitrogens with zero attached hydrogens (tertiary/aromatic N) is 2. The molecule has 0 aliphatic rings. The third-order valence-electron chi connectivity index (χ3n) is 3.05. The van der Waals surface area contributed by atoms with Gasteiger partial charge in [0.1, 0.15) is 5.69 Å². The van der Waals surface area contributed by atoms with Gasteiger partial charge in [0.15, 0.2) is 11.5 Å². The van der Waals surface area contributed by atoms with Crippen LogP contribution in [0.15, 0.2) is 53.4 Å². The highest BCUT2D eigenvalue weighted by Crippen LogP contribution is 2.17. The van der Waals surface area contributed by atoms with Crippen molar-refractivity contribution >= 4 is 5.91 Å². The molecule has 3 aromatic heterocycles. The number of aromatic amines is 1. The van der Waals surface area contributed by atoms with Crippen LogP contribution in [0.25, 0.3) is 11.5 Å². The molecule has 0 aliphatic heterocycles. The fraction of sp³-hybridized carbons (Fsp3) is 0.133. The number of hydrogen-bond acceptors (Lipinski definition) is 4. The third-order valence-corrected chi connectivity index (χ3v) is 3.05. The molecule has 0 spiro atoms. The van der Waals surface area contributed by atoms with E-state index in [9.17, 15) is 4.79 Å². The molecule has 2 N–H and O–H groups in total. The zero-order chi connectivity index (χ0) is 14.5. The lowest BCUT2D eigenvalue weighted by Gasteiger charge is -2.02. The van der Waals surface area contributed by atoms with Crippen LogP contribution in [0, 0.1) is 0 Å². The van der Waals surface area contributed by atoms with Crippen LogP contribution in [0.4, 0.5) is 0 Å². The molecular weight excluding hydrogens is 268 g/mol. The average molecular weight is 282 g/mol. The second kappa shape index (κ2) is 6.04. The van der Waals surface area contributed by atoms with E-state index in [4.69, 9.17) is 4.42 Å². The van der Waals surface area contributed by atoms with Crippen molar-refractivity contribution in [3.05, 3.63) is 60.2 Å². The molecule has 0 aromatic carbocycles. The number of H-pyrrole nitrogens is 1. The van der Waals surface area contributed by atoms with Crippen LogP contribution in [0.2, 0.25) is 0 Å². The maximum Gasteiger partial charge on any atom is 0.271 e. The predicted octanol–water partition coefficient (Wildman–Crippen LogP) is 2.04. The SMILES string of the molecule is O=C(NCCc1ccncc1)c1cc(-c2ccco2)[nH]n1. The van der Waals surface area contributed by atoms with Crippen LogP contribution in [0.5, 0.6) is 0 Å². The van der Waals surface area contributed by atoms with Crippen molar-refractivity contribution in [2.45, 2.75) is 6.42 Å². The van der Waals surface area contributed by atoms with Gasteiger partial charge in [-0.25, -0.2) is 0 Å². The maximum atomic E-state index is 12.0. The van der Waals surface area contributed by atoms with Crippen molar-refractivity contribution in [1.29, 1.82) is 0 Å². The van der Waals surface area contributed by atoms with Gasteiger partial charge in [0, 0.05) is 25.0 Å². The van der Waals surface area contributed by atoms with Crippen LogP contribution in [-0.2, 0) is 6.42 Å². The molecule has 0 unspecified atom stereocenters. The van der Waals surface area contributed by atoms with Crippen molar-refractivity contribution in [3.63, 3.8) is 0 Å². The van der Waals surface area contributed by atoms with Gasteiger partial charge in [-0.2, -0.15) is 5.10 Å². The molecular formula is C15H14N4O2. The Hall–Kier alpha value is -2.89. The van der Waals surface area contributed by atoms with E-state index in [0.717, 1.165) is 12.0 Å². The maximum absolute atomic E-state index is 12.0. The Bertz CT molecular complexity index is 704. The number of aromatic nitrogens is 3. The van der Waals surface area contributed by atoms with Gasteiger partial charge in [0.05, 0.1) is 6.26 Å². The number of carbonyl (C=O) groups excluding carboxylic acids is 1. The minimum Gasteiger partial charge on any atom is -0.463 e. The van der Waals surface area contributed by atoms with Crippen LogP contribution >= 0.6 is 0 Å². The summed E-state index contributed by atoms with van der Waals surface area (Å²) in [5.74, 6) is 0.441. The second-order valence-electron chi connectivity index (χ2n) is 4.51. The number of hydrogen-bond donors (Lipinski definition) is 2. The lowest BCUT2D eigenvalue weighted by atomic mass is 10.2. The summed E-state index contributed by atoms with van der Waals surface area (Å²) in [4.78, 5) is 15.9. The van der Waals surface area contributed by atoms with Crippen LogP contribution < -0.4 is 5.32 Å². The van der Waals surface area contributed by atoms with Crippen molar-refractivity contribution in [2.75, 3.05) is 6.54 Å². The van der Waals surface area contributed by atoms with Gasteiger partial charge in [-0.05, 0) is 36.2 Å². The fourth-order valence-electron chi connectivity index (χ4n) is 1.96. The molecule has 1 amide bonds. The van der Waals surface area contributed by atoms with Crippen molar-refractivity contribution in [1.82, 2.24) is 20.5 Å². The molecule has 0 fully saturated rings. The molecule has 0 radical (unpaired) electrons. The highest BCUT2D eigenvalue weighted by Gasteiger charge is 2.12. The first-order valence-electron chi connectivity index (χ1n) is 6.59. The second-order valence-corrected chi connectivity index (χ2v) is 4.51. The molecule has 0 saturated carbocycles. The first-order valence-corrected chi connectivity index (χ1v) is 6.59. The van der Waals surface area contributed by atoms with E-state index in [0.29, 0.717) is 23.7 Å². The number of nitrogens with one attached hydrogen (secondary N) is 2. The highest BCUT2D eigenvalue weighted by atomic mass is 16.3. The van der Waals surface area contributed by atoms with Crippen molar-refractivity contribution < 1.29 is 9.21 Å². The quantitative estimate of drug-likeness (QED) is 0.750. The molecule has 21 heavy (non-hydrogen) atoms. The number of furan rings is 1. The molecule has 0 saturated heterocycles. The van der Waals surface area contributed by atoms with E-state index in [-0.39, 0.29) is 5.91 Å². The largest absolute Gasteiger partial charge is 0.463 e. The summed E-state index contributed by atoms with van der Waals surface area (Å²) in [5.41, 5.74) is 2.15. The van der Waals surface area contributed by atoms with Gasteiger partial charge in [-0.15, -0.1) is 0 Å². The van der Waals surface area contributed by atoms with E-state index in [1.165, 1.54) is 0 Å². The Labute approximate surface area is 121 Å². The molecule has 3 heterocycles. The monoisotopic (exact) mass is 282 g/mol. The Morgan fingerprint density at radius 2 is 2.14 bits per heavy atom. The first kappa shape index (κ1) is 13.1. The molecule has 106 valence electrons. The van der Waals surface area contributed by atoms with E-state index < -0.39 is 0 Å². The average Bonchev–Trinajstić information content (AvgIpc) is 3.19. The number of carbonyl (C=O) groups is 1. The normalized spacial score (nSPS) is 10.5. The topological polar surface area (TPSA) is 83.8 Å². The molecule has 3 rings (SSSR count).